The summed E-state index contributed by atoms with van der Waals surface area (Å²) < 4.78 is 15.8. The molecule has 0 heterocycles. The standard InChI is InChI=1S/H2O.O.Rb.Zr.H/h1H2;;;;/q;;;+1;/p-1. The average Bonchev–Trinajstić information content (AvgIpc) is 0.918. The first-order valence-electron chi connectivity index (χ1n) is 0.428. The van der Waals surface area contributed by atoms with Crippen LogP contribution in [0.25, 0.3) is 0 Å². The molecule has 0 unspecified atom stereocenters. The summed E-state index contributed by atoms with van der Waals surface area (Å²) in [4.78, 5) is 0. The zero-order chi connectivity index (χ0) is 2.71. The van der Waals surface area contributed by atoms with E-state index in [0.29, 0.717) is 0 Å². The molecule has 4 heteroatoms. The Morgan fingerprint density at radius 3 is 1.75 bits per heavy atom. The molecule has 19 valence electrons. The number of hydrogen-bond donors (Lipinski definition) is 1. The molecule has 0 amide bonds. The minimum absolute atomic E-state index is 0. The second-order valence-corrected chi connectivity index (χ2v) is 0.540. The molecule has 2 nitrogen and oxygen atoms in total. The van der Waals surface area contributed by atoms with Gasteiger partial charge in [0.25, 0.3) is 0 Å². The summed E-state index contributed by atoms with van der Waals surface area (Å²) in [5.41, 5.74) is 0. The molecule has 0 bridgehead atoms. The summed E-state index contributed by atoms with van der Waals surface area (Å²) in [6, 6.07) is 0. The molecular weight excluding hydrogens is 209 g/mol. The van der Waals surface area contributed by atoms with Crippen molar-refractivity contribution in [2.24, 2.45) is 0 Å². The zero-order valence-corrected chi connectivity index (χ0v) is 3.81. The van der Waals surface area contributed by atoms with Gasteiger partial charge < -0.3 is 0 Å². The Morgan fingerprint density at radius 1 is 1.75 bits per heavy atom. The molecule has 0 radical (unpaired) electrons. The van der Waals surface area contributed by atoms with Crippen LogP contribution in [0.1, 0.15) is 0 Å². The van der Waals surface area contributed by atoms with Crippen molar-refractivity contribution in [1.82, 2.24) is 0 Å². The molecule has 0 saturated carbocycles. The molecule has 4 heavy (non-hydrogen) atoms. The molecule has 0 atom stereocenters. The summed E-state index contributed by atoms with van der Waals surface area (Å²) in [5, 5.41) is 0. The summed E-state index contributed by atoms with van der Waals surface area (Å²) in [6.45, 7) is 0. The van der Waals surface area contributed by atoms with Crippen molar-refractivity contribution in [3.63, 3.8) is 0 Å². The van der Waals surface area contributed by atoms with Gasteiger partial charge in [-0.3, -0.25) is 0 Å². The van der Waals surface area contributed by atoms with Crippen LogP contribution in [0.5, 0.6) is 0 Å². The van der Waals surface area contributed by atoms with Gasteiger partial charge in [-0.05, 0) is 0 Å². The molecule has 0 saturated heterocycles. The van der Waals surface area contributed by atoms with Crippen molar-refractivity contribution in [3.05, 3.63) is 0 Å². The van der Waals surface area contributed by atoms with Gasteiger partial charge in [-0.2, -0.15) is 0 Å². The molecule has 0 aliphatic heterocycles. The van der Waals surface area contributed by atoms with E-state index in [-0.39, 0.29) is 58.2 Å². The van der Waals surface area contributed by atoms with Crippen LogP contribution in [0.4, 0.5) is 0 Å². The van der Waals surface area contributed by atoms with E-state index in [1.165, 1.54) is 0 Å². The van der Waals surface area contributed by atoms with Crippen molar-refractivity contribution >= 4 is 58.2 Å². The average molecular weight is 211 g/mol. The van der Waals surface area contributed by atoms with E-state index in [0.717, 1.165) is 0 Å². The molecule has 0 aromatic rings. The van der Waals surface area contributed by atoms with Crippen LogP contribution in [-0.2, 0) is 26.5 Å². The summed E-state index contributed by atoms with van der Waals surface area (Å²) >= 11 is -2.02. The van der Waals surface area contributed by atoms with Gasteiger partial charge in [-0.15, -0.1) is 0 Å². The van der Waals surface area contributed by atoms with Gasteiger partial charge in [0, 0.05) is 0 Å². The fourth-order valence-electron chi connectivity index (χ4n) is 0. The topological polar surface area (TPSA) is 37.3 Å². The third-order valence-electron chi connectivity index (χ3n) is 0. The molecule has 0 aromatic carbocycles. The first kappa shape index (κ1) is 9.67. The fraction of sp³-hybridized carbons (Fsp3) is 0. The quantitative estimate of drug-likeness (QED) is 0.538. The zero-order valence-electron chi connectivity index (χ0n) is 1.36. The Morgan fingerprint density at radius 2 is 1.75 bits per heavy atom. The third kappa shape index (κ3) is 8.82. The van der Waals surface area contributed by atoms with Gasteiger partial charge in [0.2, 0.25) is 0 Å². The van der Waals surface area contributed by atoms with Crippen LogP contribution >= 0.6 is 0 Å². The molecule has 1 N–H and O–H groups in total. The summed E-state index contributed by atoms with van der Waals surface area (Å²) in [6.07, 6.45) is 0. The maximum absolute atomic E-state index is 8.66. The Kier molecular flexibility index (Phi) is 21.9. The summed E-state index contributed by atoms with van der Waals surface area (Å²) in [7, 11) is 0. The molecular formula is H2O2RbZr. The van der Waals surface area contributed by atoms with E-state index < -0.39 is 23.7 Å². The minimum atomic E-state index is -2.02. The predicted octanol–water partition coefficient (Wildman–Crippen LogP) is -1.33. The first-order chi connectivity index (χ1) is 1.41. The van der Waals surface area contributed by atoms with Crippen molar-refractivity contribution in [1.29, 1.82) is 0 Å². The van der Waals surface area contributed by atoms with Crippen molar-refractivity contribution in [2.45, 2.75) is 0 Å². The molecule has 0 fully saturated rings. The molecule has 0 aliphatic rings. The van der Waals surface area contributed by atoms with Crippen LogP contribution in [0.15, 0.2) is 0 Å². The van der Waals surface area contributed by atoms with Gasteiger partial charge >= 0.3 is 87.9 Å². The predicted molar refractivity (Wildman–Crippen MR) is 10.1 cm³/mol. The number of hydrogen-bond acceptors (Lipinski definition) is 1. The Labute approximate surface area is 85.4 Å². The van der Waals surface area contributed by atoms with Gasteiger partial charge in [0.1, 0.15) is 0 Å². The monoisotopic (exact) mass is 209 g/mol. The molecule has 0 aromatic heterocycles. The van der Waals surface area contributed by atoms with Crippen molar-refractivity contribution in [3.8, 4) is 0 Å². The fourth-order valence-corrected chi connectivity index (χ4v) is 0. The van der Waals surface area contributed by atoms with E-state index in [9.17, 15) is 0 Å². The second kappa shape index (κ2) is 9.07. The SMILES string of the molecule is [O]=[Zr][OH].[RbH]. The maximum atomic E-state index is 8.66. The Bertz CT molecular complexity index is 13.5. The van der Waals surface area contributed by atoms with E-state index in [1.54, 1.807) is 0 Å². The normalized spacial score (nSPS) is 2.25. The first-order valence-corrected chi connectivity index (χ1v) is 2.53. The third-order valence-corrected chi connectivity index (χ3v) is 0. The van der Waals surface area contributed by atoms with E-state index in [2.05, 4.69) is 0 Å². The second-order valence-electron chi connectivity index (χ2n) is 0.0913. The van der Waals surface area contributed by atoms with E-state index in [1.807, 2.05) is 0 Å². The van der Waals surface area contributed by atoms with Crippen LogP contribution in [0, 0.1) is 0 Å². The summed E-state index contributed by atoms with van der Waals surface area (Å²) in [5.74, 6) is 0. The van der Waals surface area contributed by atoms with Crippen molar-refractivity contribution < 1.29 is 29.7 Å². The Hall–Kier alpha value is 2.45. The van der Waals surface area contributed by atoms with E-state index >= 15 is 0 Å². The van der Waals surface area contributed by atoms with Crippen molar-refractivity contribution in [2.75, 3.05) is 0 Å². The van der Waals surface area contributed by atoms with Gasteiger partial charge in [-0.25, -0.2) is 0 Å². The van der Waals surface area contributed by atoms with Crippen LogP contribution in [-0.4, -0.2) is 61.4 Å². The van der Waals surface area contributed by atoms with Crippen LogP contribution < -0.4 is 0 Å². The Balaban J connectivity index is 0. The molecule has 0 rings (SSSR count). The van der Waals surface area contributed by atoms with Gasteiger partial charge in [0.05, 0.1) is 0 Å². The molecule has 0 aliphatic carbocycles. The van der Waals surface area contributed by atoms with Crippen LogP contribution in [0.3, 0.4) is 0 Å². The van der Waals surface area contributed by atoms with Crippen LogP contribution in [0.2, 0.25) is 0 Å². The van der Waals surface area contributed by atoms with Gasteiger partial charge in [0.15, 0.2) is 0 Å². The van der Waals surface area contributed by atoms with Gasteiger partial charge in [-0.1, -0.05) is 0 Å². The number of rotatable bonds is 0. The van der Waals surface area contributed by atoms with E-state index in [4.69, 9.17) is 6.00 Å². The molecule has 0 spiro atoms.